The van der Waals surface area contributed by atoms with Crippen LogP contribution in [0.3, 0.4) is 0 Å². The van der Waals surface area contributed by atoms with Crippen molar-refractivity contribution in [1.29, 1.82) is 0 Å². The molecule has 0 amide bonds. The summed E-state index contributed by atoms with van der Waals surface area (Å²) in [6, 6.07) is 4.77. The minimum absolute atomic E-state index is 0.135. The molecule has 0 radical (unpaired) electrons. The summed E-state index contributed by atoms with van der Waals surface area (Å²) in [5, 5.41) is 8.71. The zero-order valence-corrected chi connectivity index (χ0v) is 24.8. The van der Waals surface area contributed by atoms with E-state index in [1.54, 1.807) is 34.6 Å². The standard InChI is InChI=1S/C27H37N9O4S/c1-5-8-21-24-25(32-36(21)17-23-28-18-29-33(23)4)27(37)31-26(30-24)20-16-19(9-10-22(20)40-15-6-2)41(38,39)35-13-11-34(7-3)12-14-35/h9-10,16,18H,5-8,11-15,17H2,1-4H3,(H,30,31,37). The number of nitrogens with one attached hydrogen (secondary N) is 1. The first-order valence-corrected chi connectivity index (χ1v) is 15.5. The van der Waals surface area contributed by atoms with Crippen molar-refractivity contribution in [2.24, 2.45) is 7.05 Å². The van der Waals surface area contributed by atoms with E-state index in [0.717, 1.165) is 25.1 Å². The predicted molar refractivity (Wildman–Crippen MR) is 154 cm³/mol. The Morgan fingerprint density at radius 1 is 1.05 bits per heavy atom. The summed E-state index contributed by atoms with van der Waals surface area (Å²) < 4.78 is 38.2. The highest BCUT2D eigenvalue weighted by atomic mass is 32.2. The Kier molecular flexibility index (Phi) is 8.52. The first kappa shape index (κ1) is 28.9. The van der Waals surface area contributed by atoms with Gasteiger partial charge in [-0.15, -0.1) is 0 Å². The summed E-state index contributed by atoms with van der Waals surface area (Å²) in [5.74, 6) is 1.38. The van der Waals surface area contributed by atoms with Gasteiger partial charge in [-0.25, -0.2) is 18.4 Å². The fraction of sp³-hybridized carbons (Fsp3) is 0.519. The van der Waals surface area contributed by atoms with Crippen molar-refractivity contribution in [3.63, 3.8) is 0 Å². The van der Waals surface area contributed by atoms with E-state index in [4.69, 9.17) is 9.72 Å². The molecule has 13 nitrogen and oxygen atoms in total. The molecule has 5 rings (SSSR count). The lowest BCUT2D eigenvalue weighted by Gasteiger charge is -2.33. The maximum absolute atomic E-state index is 13.6. The number of aryl methyl sites for hydroxylation is 2. The fourth-order valence-corrected chi connectivity index (χ4v) is 6.48. The van der Waals surface area contributed by atoms with Gasteiger partial charge in [0.2, 0.25) is 10.0 Å². The minimum atomic E-state index is -3.76. The third-order valence-corrected chi connectivity index (χ3v) is 9.26. The van der Waals surface area contributed by atoms with E-state index in [-0.39, 0.29) is 16.2 Å². The number of rotatable bonds is 11. The number of hydrogen-bond donors (Lipinski definition) is 1. The van der Waals surface area contributed by atoms with Gasteiger partial charge in [-0.3, -0.25) is 14.2 Å². The van der Waals surface area contributed by atoms with Crippen molar-refractivity contribution in [1.82, 2.24) is 43.7 Å². The maximum atomic E-state index is 13.6. The van der Waals surface area contributed by atoms with Crippen LogP contribution in [-0.4, -0.2) is 91.5 Å². The number of likely N-dealkylation sites (N-methyl/N-ethyl adjacent to an activating group) is 1. The van der Waals surface area contributed by atoms with Crippen molar-refractivity contribution < 1.29 is 13.2 Å². The van der Waals surface area contributed by atoms with Crippen LogP contribution in [0, 0.1) is 0 Å². The summed E-state index contributed by atoms with van der Waals surface area (Å²) in [5.41, 5.74) is 1.48. The normalized spacial score (nSPS) is 15.1. The van der Waals surface area contributed by atoms with Crippen LogP contribution >= 0.6 is 0 Å². The Morgan fingerprint density at radius 2 is 1.83 bits per heavy atom. The number of H-pyrrole nitrogens is 1. The molecule has 0 aliphatic carbocycles. The largest absolute Gasteiger partial charge is 0.493 e. The average molecular weight is 584 g/mol. The zero-order valence-electron chi connectivity index (χ0n) is 24.0. The second-order valence-corrected chi connectivity index (χ2v) is 12.0. The molecule has 0 unspecified atom stereocenters. The molecule has 1 aromatic carbocycles. The van der Waals surface area contributed by atoms with Crippen molar-refractivity contribution in [3.8, 4) is 17.1 Å². The van der Waals surface area contributed by atoms with Crippen LogP contribution < -0.4 is 10.3 Å². The van der Waals surface area contributed by atoms with Gasteiger partial charge in [0.1, 0.15) is 35.8 Å². The molecule has 1 saturated heterocycles. The van der Waals surface area contributed by atoms with Gasteiger partial charge < -0.3 is 14.6 Å². The first-order valence-electron chi connectivity index (χ1n) is 14.1. The lowest BCUT2D eigenvalue weighted by atomic mass is 10.1. The molecule has 41 heavy (non-hydrogen) atoms. The molecule has 1 N–H and O–H groups in total. The topological polar surface area (TPSA) is 144 Å². The smallest absolute Gasteiger partial charge is 0.279 e. The molecule has 14 heteroatoms. The highest BCUT2D eigenvalue weighted by Gasteiger charge is 2.29. The highest BCUT2D eigenvalue weighted by molar-refractivity contribution is 7.89. The number of ether oxygens (including phenoxy) is 1. The number of fused-ring (bicyclic) bond motifs is 1. The van der Waals surface area contributed by atoms with Crippen LogP contribution in [-0.2, 0) is 30.0 Å². The molecular weight excluding hydrogens is 546 g/mol. The van der Waals surface area contributed by atoms with E-state index in [9.17, 15) is 13.2 Å². The second kappa shape index (κ2) is 12.1. The van der Waals surface area contributed by atoms with E-state index in [0.29, 0.717) is 68.4 Å². The molecule has 1 aliphatic heterocycles. The Morgan fingerprint density at radius 3 is 2.49 bits per heavy atom. The van der Waals surface area contributed by atoms with Crippen molar-refractivity contribution in [3.05, 3.63) is 46.4 Å². The first-order chi connectivity index (χ1) is 19.8. The van der Waals surface area contributed by atoms with Crippen LogP contribution in [0.1, 0.15) is 45.1 Å². The monoisotopic (exact) mass is 583 g/mol. The lowest BCUT2D eigenvalue weighted by Crippen LogP contribution is -2.48. The molecule has 0 bridgehead atoms. The van der Waals surface area contributed by atoms with E-state index in [1.807, 2.05) is 13.8 Å². The molecule has 1 aliphatic rings. The molecular formula is C27H37N9O4S. The van der Waals surface area contributed by atoms with Gasteiger partial charge in [0.25, 0.3) is 5.56 Å². The Balaban J connectivity index is 1.60. The van der Waals surface area contributed by atoms with Gasteiger partial charge in [-0.2, -0.15) is 14.5 Å². The molecule has 3 aromatic heterocycles. The maximum Gasteiger partial charge on any atom is 0.279 e. The molecule has 4 heterocycles. The minimum Gasteiger partial charge on any atom is -0.493 e. The Bertz CT molecular complexity index is 1680. The lowest BCUT2D eigenvalue weighted by molar-refractivity contribution is 0.196. The Labute approximate surface area is 239 Å². The number of aromatic amines is 1. The molecule has 220 valence electrons. The molecule has 0 atom stereocenters. The number of benzene rings is 1. The third kappa shape index (κ3) is 5.76. The van der Waals surface area contributed by atoms with E-state index in [2.05, 4.69) is 32.0 Å². The van der Waals surface area contributed by atoms with E-state index < -0.39 is 15.6 Å². The van der Waals surface area contributed by atoms with E-state index in [1.165, 1.54) is 10.6 Å². The quantitative estimate of drug-likeness (QED) is 0.280. The SMILES string of the molecule is CCCOc1ccc(S(=O)(=O)N2CCN(CC)CC2)cc1-c1nc2c(CCC)n(Cc3ncnn3C)nc2c(=O)[nH]1. The molecule has 0 spiro atoms. The second-order valence-electron chi connectivity index (χ2n) is 10.1. The average Bonchev–Trinajstić information content (AvgIpc) is 3.55. The van der Waals surface area contributed by atoms with Crippen LogP contribution in [0.5, 0.6) is 5.75 Å². The summed E-state index contributed by atoms with van der Waals surface area (Å²) in [6.07, 6.45) is 3.69. The summed E-state index contributed by atoms with van der Waals surface area (Å²) in [7, 11) is -1.96. The number of piperazine rings is 1. The van der Waals surface area contributed by atoms with Crippen molar-refractivity contribution in [2.45, 2.75) is 51.5 Å². The van der Waals surface area contributed by atoms with Gasteiger partial charge >= 0.3 is 0 Å². The summed E-state index contributed by atoms with van der Waals surface area (Å²) >= 11 is 0. The van der Waals surface area contributed by atoms with Gasteiger partial charge in [-0.05, 0) is 37.6 Å². The van der Waals surface area contributed by atoms with Crippen LogP contribution in [0.2, 0.25) is 0 Å². The number of aromatic nitrogens is 7. The number of nitrogens with zero attached hydrogens (tertiary/aromatic N) is 8. The van der Waals surface area contributed by atoms with E-state index >= 15 is 0 Å². The molecule has 0 saturated carbocycles. The summed E-state index contributed by atoms with van der Waals surface area (Å²) in [4.78, 5) is 27.7. The van der Waals surface area contributed by atoms with Crippen LogP contribution in [0.25, 0.3) is 22.4 Å². The fourth-order valence-electron chi connectivity index (χ4n) is 5.03. The van der Waals surface area contributed by atoms with Crippen molar-refractivity contribution >= 4 is 21.1 Å². The van der Waals surface area contributed by atoms with Gasteiger partial charge in [0, 0.05) is 33.2 Å². The van der Waals surface area contributed by atoms with Gasteiger partial charge in [0.15, 0.2) is 5.52 Å². The third-order valence-electron chi connectivity index (χ3n) is 7.37. The molecule has 1 fully saturated rings. The van der Waals surface area contributed by atoms with Gasteiger partial charge in [-0.1, -0.05) is 27.2 Å². The van der Waals surface area contributed by atoms with Crippen molar-refractivity contribution in [2.75, 3.05) is 39.3 Å². The number of hydrogen-bond acceptors (Lipinski definition) is 9. The highest BCUT2D eigenvalue weighted by Crippen LogP contribution is 2.32. The zero-order chi connectivity index (χ0) is 29.1. The predicted octanol–water partition coefficient (Wildman–Crippen LogP) is 2.03. The molecule has 4 aromatic rings. The Hall–Kier alpha value is -3.62. The number of sulfonamides is 1. The van der Waals surface area contributed by atoms with Crippen LogP contribution in [0.4, 0.5) is 0 Å². The van der Waals surface area contributed by atoms with Crippen LogP contribution in [0.15, 0.2) is 34.2 Å². The summed E-state index contributed by atoms with van der Waals surface area (Å²) in [6.45, 7) is 9.97. The van der Waals surface area contributed by atoms with Gasteiger partial charge in [0.05, 0.1) is 22.8 Å².